The van der Waals surface area contributed by atoms with Crippen molar-refractivity contribution in [3.8, 4) is 0 Å². The van der Waals surface area contributed by atoms with Gasteiger partial charge in [0.05, 0.1) is 16.6 Å². The number of hydrogen-bond donors (Lipinski definition) is 2. The average Bonchev–Trinajstić information content (AvgIpc) is 2.71. The molecule has 5 heteroatoms. The van der Waals surface area contributed by atoms with Gasteiger partial charge in [0.25, 0.3) is 0 Å². The molecule has 0 unspecified atom stereocenters. The van der Waals surface area contributed by atoms with Crippen LogP contribution in [0.3, 0.4) is 0 Å². The smallest absolute Gasteiger partial charge is 0.224 e. The Hall–Kier alpha value is -1.62. The Balaban J connectivity index is 2.48. The van der Waals surface area contributed by atoms with Crippen molar-refractivity contribution in [3.63, 3.8) is 0 Å². The molecule has 2 rings (SSSR count). The largest absolute Gasteiger partial charge is 0.398 e. The maximum atomic E-state index is 11.3. The van der Waals surface area contributed by atoms with Gasteiger partial charge in [0, 0.05) is 17.5 Å². The van der Waals surface area contributed by atoms with Crippen LogP contribution in [0.15, 0.2) is 18.3 Å². The summed E-state index contributed by atoms with van der Waals surface area (Å²) in [4.78, 5) is 11.3. The lowest BCUT2D eigenvalue weighted by Crippen LogP contribution is -2.09. The number of nitrogen functional groups attached to an aromatic ring is 1. The van der Waals surface area contributed by atoms with Gasteiger partial charge in [0.15, 0.2) is 0 Å². The van der Waals surface area contributed by atoms with Gasteiger partial charge in [-0.05, 0) is 23.7 Å². The fourth-order valence-corrected chi connectivity index (χ4v) is 2.06. The zero-order valence-electron chi connectivity index (χ0n) is 8.28. The van der Waals surface area contributed by atoms with Gasteiger partial charge in [0.1, 0.15) is 0 Å². The molecule has 1 heterocycles. The Kier molecular flexibility index (Phi) is 2.55. The Labute approximate surface area is 91.3 Å². The molecular weight excluding hydrogens is 210 g/mol. The molecule has 0 aliphatic carbocycles. The predicted molar refractivity (Wildman–Crippen MR) is 63.0 cm³/mol. The number of nitrogens with two attached hydrogens (primary N) is 1. The van der Waals surface area contributed by atoms with Crippen LogP contribution in [0.4, 0.5) is 11.4 Å². The van der Waals surface area contributed by atoms with Crippen molar-refractivity contribution in [2.45, 2.75) is 13.3 Å². The second kappa shape index (κ2) is 3.86. The highest BCUT2D eigenvalue weighted by Gasteiger charge is 2.08. The fraction of sp³-hybridized carbons (Fsp3) is 0.200. The van der Waals surface area contributed by atoms with Gasteiger partial charge in [-0.25, -0.2) is 0 Å². The molecule has 0 radical (unpaired) electrons. The maximum Gasteiger partial charge on any atom is 0.224 e. The van der Waals surface area contributed by atoms with Gasteiger partial charge in [-0.1, -0.05) is 6.92 Å². The second-order valence-corrected chi connectivity index (χ2v) is 3.97. The molecule has 0 aliphatic heterocycles. The molecule has 1 amide bonds. The second-order valence-electron chi connectivity index (χ2n) is 3.17. The molecule has 78 valence electrons. The number of carbonyl (C=O) groups excluding carboxylic acids is 1. The maximum absolute atomic E-state index is 11.3. The van der Waals surface area contributed by atoms with Crippen molar-refractivity contribution < 1.29 is 4.79 Å². The summed E-state index contributed by atoms with van der Waals surface area (Å²) in [6, 6.07) is 3.59. The minimum atomic E-state index is -0.00512. The Morgan fingerprint density at radius 2 is 2.40 bits per heavy atom. The summed E-state index contributed by atoms with van der Waals surface area (Å²) in [5.74, 6) is -0.00512. The number of anilines is 2. The van der Waals surface area contributed by atoms with E-state index in [1.54, 1.807) is 12.3 Å². The molecule has 0 saturated heterocycles. The van der Waals surface area contributed by atoms with Gasteiger partial charge in [0.2, 0.25) is 5.91 Å². The monoisotopic (exact) mass is 221 g/mol. The van der Waals surface area contributed by atoms with Crippen LogP contribution in [0.25, 0.3) is 10.1 Å². The van der Waals surface area contributed by atoms with Crippen LogP contribution in [0.5, 0.6) is 0 Å². The summed E-state index contributed by atoms with van der Waals surface area (Å²) in [6.07, 6.45) is 2.18. The third-order valence-electron chi connectivity index (χ3n) is 2.15. The molecular formula is C10H11N3OS. The standard InChI is InChI=1S/C10H11N3OS/c1-2-9(14)13-8-4-3-7(11)6-5-12-15-10(6)8/h3-5H,2,11H2,1H3,(H,13,14). The van der Waals surface area contributed by atoms with Gasteiger partial charge < -0.3 is 11.1 Å². The fourth-order valence-electron chi connectivity index (χ4n) is 1.32. The number of fused-ring (bicyclic) bond motifs is 1. The number of rotatable bonds is 2. The van der Waals surface area contributed by atoms with E-state index in [0.717, 1.165) is 15.8 Å². The molecule has 0 spiro atoms. The summed E-state index contributed by atoms with van der Waals surface area (Å²) in [5, 5.41) is 3.72. The van der Waals surface area contributed by atoms with Crippen LogP contribution in [0.2, 0.25) is 0 Å². The first-order chi connectivity index (χ1) is 7.22. The number of benzene rings is 1. The quantitative estimate of drug-likeness (QED) is 0.764. The lowest BCUT2D eigenvalue weighted by molar-refractivity contribution is -0.115. The van der Waals surface area contributed by atoms with E-state index in [4.69, 9.17) is 5.73 Å². The highest BCUT2D eigenvalue weighted by atomic mass is 32.1. The van der Waals surface area contributed by atoms with Gasteiger partial charge in [-0.2, -0.15) is 4.37 Å². The summed E-state index contributed by atoms with van der Waals surface area (Å²) in [7, 11) is 0. The van der Waals surface area contributed by atoms with Crippen LogP contribution < -0.4 is 11.1 Å². The highest BCUT2D eigenvalue weighted by Crippen LogP contribution is 2.31. The summed E-state index contributed by atoms with van der Waals surface area (Å²) in [6.45, 7) is 1.82. The minimum Gasteiger partial charge on any atom is -0.398 e. The van der Waals surface area contributed by atoms with E-state index in [2.05, 4.69) is 9.69 Å². The van der Waals surface area contributed by atoms with Crippen LogP contribution in [-0.2, 0) is 4.79 Å². The van der Waals surface area contributed by atoms with E-state index in [-0.39, 0.29) is 5.91 Å². The van der Waals surface area contributed by atoms with E-state index < -0.39 is 0 Å². The Bertz CT molecular complexity index is 506. The predicted octanol–water partition coefficient (Wildman–Crippen LogP) is 2.23. The third-order valence-corrected chi connectivity index (χ3v) is 2.98. The molecule has 15 heavy (non-hydrogen) atoms. The first-order valence-corrected chi connectivity index (χ1v) is 5.42. The lowest BCUT2D eigenvalue weighted by Gasteiger charge is -2.05. The van der Waals surface area contributed by atoms with Crippen molar-refractivity contribution >= 4 is 38.9 Å². The summed E-state index contributed by atoms with van der Waals surface area (Å²) >= 11 is 1.34. The van der Waals surface area contributed by atoms with E-state index in [9.17, 15) is 4.79 Å². The number of hydrogen-bond acceptors (Lipinski definition) is 4. The molecule has 1 aromatic heterocycles. The zero-order valence-corrected chi connectivity index (χ0v) is 9.10. The van der Waals surface area contributed by atoms with Crippen LogP contribution in [0.1, 0.15) is 13.3 Å². The Morgan fingerprint density at radius 3 is 3.13 bits per heavy atom. The first-order valence-electron chi connectivity index (χ1n) is 4.65. The number of aromatic nitrogens is 1. The molecule has 2 aromatic rings. The average molecular weight is 221 g/mol. The van der Waals surface area contributed by atoms with Crippen molar-refractivity contribution in [1.82, 2.24) is 4.37 Å². The third kappa shape index (κ3) is 1.78. The zero-order chi connectivity index (χ0) is 10.8. The SMILES string of the molecule is CCC(=O)Nc1ccc(N)c2cnsc12. The molecule has 4 nitrogen and oxygen atoms in total. The van der Waals surface area contributed by atoms with Gasteiger partial charge >= 0.3 is 0 Å². The molecule has 1 aromatic carbocycles. The van der Waals surface area contributed by atoms with E-state index >= 15 is 0 Å². The molecule has 0 saturated carbocycles. The lowest BCUT2D eigenvalue weighted by atomic mass is 10.2. The van der Waals surface area contributed by atoms with Crippen molar-refractivity contribution in [3.05, 3.63) is 18.3 Å². The van der Waals surface area contributed by atoms with E-state index in [1.165, 1.54) is 11.5 Å². The minimum absolute atomic E-state index is 0.00512. The van der Waals surface area contributed by atoms with Crippen LogP contribution in [0, 0.1) is 0 Å². The topological polar surface area (TPSA) is 68.0 Å². The normalized spacial score (nSPS) is 10.5. The first kappa shape index (κ1) is 9.92. The van der Waals surface area contributed by atoms with Crippen LogP contribution >= 0.6 is 11.5 Å². The number of carbonyl (C=O) groups is 1. The summed E-state index contributed by atoms with van der Waals surface area (Å²) in [5.41, 5.74) is 7.26. The highest BCUT2D eigenvalue weighted by molar-refractivity contribution is 7.14. The molecule has 0 fully saturated rings. The van der Waals surface area contributed by atoms with Crippen molar-refractivity contribution in [2.24, 2.45) is 0 Å². The summed E-state index contributed by atoms with van der Waals surface area (Å²) < 4.78 is 4.99. The van der Waals surface area contributed by atoms with Crippen LogP contribution in [-0.4, -0.2) is 10.3 Å². The number of nitrogens with zero attached hydrogens (tertiary/aromatic N) is 1. The van der Waals surface area contributed by atoms with E-state index in [0.29, 0.717) is 12.1 Å². The molecule has 3 N–H and O–H groups in total. The molecule has 0 atom stereocenters. The Morgan fingerprint density at radius 1 is 1.60 bits per heavy atom. The molecule has 0 bridgehead atoms. The van der Waals surface area contributed by atoms with Gasteiger partial charge in [-0.3, -0.25) is 4.79 Å². The number of amides is 1. The molecule has 0 aliphatic rings. The van der Waals surface area contributed by atoms with Crippen molar-refractivity contribution in [2.75, 3.05) is 11.1 Å². The van der Waals surface area contributed by atoms with E-state index in [1.807, 2.05) is 13.0 Å². The van der Waals surface area contributed by atoms with Crippen molar-refractivity contribution in [1.29, 1.82) is 0 Å². The van der Waals surface area contributed by atoms with Gasteiger partial charge in [-0.15, -0.1) is 0 Å². The number of nitrogens with one attached hydrogen (secondary N) is 1.